The number of H-pyrrole nitrogens is 1. The lowest BCUT2D eigenvalue weighted by molar-refractivity contribution is 0.795. The number of halogens is 1. The summed E-state index contributed by atoms with van der Waals surface area (Å²) in [6.45, 7) is 5.99. The zero-order chi connectivity index (χ0) is 22.7. The van der Waals surface area contributed by atoms with Gasteiger partial charge in [0.25, 0.3) is 0 Å². The van der Waals surface area contributed by atoms with Crippen LogP contribution in [-0.4, -0.2) is 14.8 Å². The molecule has 164 valence electrons. The molecule has 0 aliphatic rings. The maximum atomic E-state index is 13.0. The fourth-order valence-corrected chi connectivity index (χ4v) is 4.79. The van der Waals surface area contributed by atoms with Crippen molar-refractivity contribution < 1.29 is 0 Å². The van der Waals surface area contributed by atoms with Gasteiger partial charge < -0.3 is 0 Å². The predicted octanol–water partition coefficient (Wildman–Crippen LogP) is 7.27. The predicted molar refractivity (Wildman–Crippen MR) is 139 cm³/mol. The smallest absolute Gasteiger partial charge is 0.291 e. The molecule has 4 rings (SSSR count). The van der Waals surface area contributed by atoms with Gasteiger partial charge in [-0.2, -0.15) is 9.80 Å². The maximum absolute atomic E-state index is 13.0. The summed E-state index contributed by atoms with van der Waals surface area (Å²) < 4.78 is 2.57. The number of benzene rings is 2. The molecule has 0 fully saturated rings. The van der Waals surface area contributed by atoms with E-state index in [0.29, 0.717) is 16.5 Å². The summed E-state index contributed by atoms with van der Waals surface area (Å²) in [5.74, 6) is 0. The summed E-state index contributed by atoms with van der Waals surface area (Å²) in [5.41, 5.74) is 5.67. The molecule has 0 aliphatic heterocycles. The first-order valence-corrected chi connectivity index (χ1v) is 12.5. The average Bonchev–Trinajstić information content (AvgIpc) is 3.37. The fourth-order valence-electron chi connectivity index (χ4n) is 3.35. The van der Waals surface area contributed by atoms with Crippen LogP contribution >= 0.6 is 33.9 Å². The van der Waals surface area contributed by atoms with Crippen LogP contribution in [0.2, 0.25) is 0 Å². The number of aromatic amines is 1. The van der Waals surface area contributed by atoms with Crippen molar-refractivity contribution in [3.05, 3.63) is 78.6 Å². The van der Waals surface area contributed by atoms with Gasteiger partial charge in [-0.3, -0.25) is 9.89 Å². The van der Waals surface area contributed by atoms with Crippen LogP contribution in [0.25, 0.3) is 16.4 Å². The van der Waals surface area contributed by atoms with E-state index in [-0.39, 0.29) is 5.56 Å². The van der Waals surface area contributed by atoms with E-state index in [2.05, 4.69) is 74.1 Å². The second-order valence-corrected chi connectivity index (χ2v) is 9.75. The van der Waals surface area contributed by atoms with Gasteiger partial charge >= 0.3 is 5.56 Å². The molecule has 0 radical (unpaired) electrons. The van der Waals surface area contributed by atoms with E-state index in [9.17, 15) is 4.79 Å². The Bertz CT molecular complexity index is 1320. The van der Waals surface area contributed by atoms with Crippen LogP contribution < -0.4 is 5.56 Å². The maximum Gasteiger partial charge on any atom is 0.301 e. The van der Waals surface area contributed by atoms with Gasteiger partial charge in [-0.1, -0.05) is 37.6 Å². The third kappa shape index (κ3) is 4.91. The summed E-state index contributed by atoms with van der Waals surface area (Å²) in [6, 6.07) is 14.4. The lowest BCUT2D eigenvalue weighted by Crippen LogP contribution is -2.13. The third-order valence-electron chi connectivity index (χ3n) is 5.21. The molecule has 0 saturated heterocycles. The number of thiazole rings is 1. The number of aromatic nitrogens is 3. The summed E-state index contributed by atoms with van der Waals surface area (Å²) >= 11 is 3.68. The quantitative estimate of drug-likeness (QED) is 0.192. The number of rotatable bonds is 7. The van der Waals surface area contributed by atoms with Gasteiger partial charge in [0.15, 0.2) is 5.69 Å². The van der Waals surface area contributed by atoms with Crippen LogP contribution in [0.4, 0.5) is 11.4 Å². The normalized spacial score (nSPS) is 11.5. The van der Waals surface area contributed by atoms with Gasteiger partial charge in [0.1, 0.15) is 0 Å². The molecule has 4 aromatic rings. The van der Waals surface area contributed by atoms with Gasteiger partial charge in [0.2, 0.25) is 5.13 Å². The highest BCUT2D eigenvalue weighted by Crippen LogP contribution is 2.26. The molecular weight excluding hydrogens is 533 g/mol. The number of aryl methyl sites for hydroxylation is 3. The Hall–Kier alpha value is -2.59. The molecule has 0 spiro atoms. The van der Waals surface area contributed by atoms with Gasteiger partial charge in [-0.15, -0.1) is 16.5 Å². The summed E-state index contributed by atoms with van der Waals surface area (Å²) in [6.07, 6.45) is 3.47. The van der Waals surface area contributed by atoms with Crippen LogP contribution in [0.1, 0.15) is 36.6 Å². The van der Waals surface area contributed by atoms with Gasteiger partial charge in [-0.05, 0) is 78.6 Å². The molecule has 0 unspecified atom stereocenters. The Morgan fingerprint density at radius 3 is 2.62 bits per heavy atom. The Kier molecular flexibility index (Phi) is 7.00. The second-order valence-electron chi connectivity index (χ2n) is 7.67. The van der Waals surface area contributed by atoms with Crippen molar-refractivity contribution in [1.82, 2.24) is 14.8 Å². The van der Waals surface area contributed by atoms with E-state index in [1.807, 2.05) is 37.4 Å². The van der Waals surface area contributed by atoms with E-state index in [1.165, 1.54) is 34.4 Å². The van der Waals surface area contributed by atoms with Crippen molar-refractivity contribution in [3.63, 3.8) is 0 Å². The number of hydrogen-bond donors (Lipinski definition) is 1. The molecule has 2 heterocycles. The van der Waals surface area contributed by atoms with Crippen molar-refractivity contribution in [2.24, 2.45) is 10.2 Å². The van der Waals surface area contributed by atoms with Crippen LogP contribution in [0.3, 0.4) is 0 Å². The minimum absolute atomic E-state index is 0.259. The van der Waals surface area contributed by atoms with E-state index in [1.54, 1.807) is 0 Å². The first-order valence-electron chi connectivity index (χ1n) is 10.5. The first-order chi connectivity index (χ1) is 15.5. The number of hydrogen-bond acceptors (Lipinski definition) is 5. The fraction of sp³-hybridized carbons (Fsp3) is 0.250. The van der Waals surface area contributed by atoms with Crippen LogP contribution in [0.15, 0.2) is 62.9 Å². The van der Waals surface area contributed by atoms with Crippen molar-refractivity contribution in [2.75, 3.05) is 0 Å². The second kappa shape index (κ2) is 9.91. The molecule has 0 amide bonds. The molecule has 0 aliphatic carbocycles. The lowest BCUT2D eigenvalue weighted by Gasteiger charge is -2.01. The molecule has 2 aromatic heterocycles. The first kappa shape index (κ1) is 22.6. The monoisotopic (exact) mass is 557 g/mol. The number of nitrogens with one attached hydrogen (secondary N) is 1. The van der Waals surface area contributed by atoms with Crippen molar-refractivity contribution in [2.45, 2.75) is 40.0 Å². The van der Waals surface area contributed by atoms with Gasteiger partial charge in [0, 0.05) is 14.5 Å². The number of unbranched alkanes of at least 4 members (excludes halogenated alkanes) is 1. The van der Waals surface area contributed by atoms with Crippen LogP contribution in [0.5, 0.6) is 0 Å². The topological polar surface area (TPSA) is 75.4 Å². The molecule has 0 saturated carbocycles. The van der Waals surface area contributed by atoms with Crippen molar-refractivity contribution in [3.8, 4) is 16.4 Å². The molecular formula is C24H24IN5OS. The zero-order valence-corrected chi connectivity index (χ0v) is 21.2. The Morgan fingerprint density at radius 2 is 1.91 bits per heavy atom. The van der Waals surface area contributed by atoms with Gasteiger partial charge in [-0.25, -0.2) is 4.98 Å². The highest BCUT2D eigenvalue weighted by molar-refractivity contribution is 14.1. The van der Waals surface area contributed by atoms with Crippen LogP contribution in [0, 0.1) is 17.4 Å². The Morgan fingerprint density at radius 1 is 1.12 bits per heavy atom. The summed E-state index contributed by atoms with van der Waals surface area (Å²) in [5, 5.41) is 14.2. The molecule has 8 heteroatoms. The summed E-state index contributed by atoms with van der Waals surface area (Å²) in [4.78, 5) is 17.7. The number of nitrogens with zero attached hydrogens (tertiary/aromatic N) is 4. The third-order valence-corrected chi connectivity index (χ3v) is 6.71. The molecule has 6 nitrogen and oxygen atoms in total. The molecule has 0 atom stereocenters. The van der Waals surface area contributed by atoms with E-state index in [0.717, 1.165) is 32.5 Å². The minimum Gasteiger partial charge on any atom is -0.291 e. The zero-order valence-electron chi connectivity index (χ0n) is 18.2. The molecule has 32 heavy (non-hydrogen) atoms. The van der Waals surface area contributed by atoms with Crippen molar-refractivity contribution in [1.29, 1.82) is 0 Å². The summed E-state index contributed by atoms with van der Waals surface area (Å²) in [7, 11) is 0. The SMILES string of the molecule is CCCCc1ccc(-c2csc(-n3[nH]c(C)c(N=Nc4ccc(I)cc4C)c3=O)n2)cc1. The molecule has 0 bridgehead atoms. The van der Waals surface area contributed by atoms with E-state index in [4.69, 9.17) is 0 Å². The highest BCUT2D eigenvalue weighted by atomic mass is 127. The minimum atomic E-state index is -0.259. The Balaban J connectivity index is 1.58. The van der Waals surface area contributed by atoms with Crippen molar-refractivity contribution >= 4 is 45.3 Å². The number of azo groups is 1. The standard InChI is InChI=1S/C24H24IN5OS/c1-4-5-6-17-7-9-18(10-8-17)21-14-32-24(26-21)30-23(31)22(16(3)29-30)28-27-20-12-11-19(25)13-15(20)2/h7-14,29H,4-6H2,1-3H3. The molecule has 1 N–H and O–H groups in total. The average molecular weight is 557 g/mol. The van der Waals surface area contributed by atoms with E-state index >= 15 is 0 Å². The highest BCUT2D eigenvalue weighted by Gasteiger charge is 2.15. The lowest BCUT2D eigenvalue weighted by atomic mass is 10.1. The van der Waals surface area contributed by atoms with E-state index < -0.39 is 0 Å². The largest absolute Gasteiger partial charge is 0.301 e. The Labute approximate surface area is 204 Å². The van der Waals surface area contributed by atoms with Gasteiger partial charge in [0.05, 0.1) is 17.1 Å². The molecule has 2 aromatic carbocycles. The van der Waals surface area contributed by atoms with Crippen LogP contribution in [-0.2, 0) is 6.42 Å².